The van der Waals surface area contributed by atoms with Gasteiger partial charge in [0.1, 0.15) is 6.61 Å². The minimum Gasteiger partial charge on any atom is -0.459 e. The molecule has 0 saturated carbocycles. The molecule has 0 spiro atoms. The summed E-state index contributed by atoms with van der Waals surface area (Å²) in [5, 5.41) is 10.6. The van der Waals surface area contributed by atoms with Crippen LogP contribution in [0.1, 0.15) is 33.6 Å². The maximum atomic E-state index is 12.8. The van der Waals surface area contributed by atoms with Gasteiger partial charge in [0.15, 0.2) is 11.7 Å². The summed E-state index contributed by atoms with van der Waals surface area (Å²) in [7, 11) is 1.89. The number of esters is 2. The van der Waals surface area contributed by atoms with Crippen LogP contribution in [0, 0.1) is 5.92 Å². The number of hydrogen-bond acceptors (Lipinski definition) is 7. The molecular weight excluding hydrogens is 338 g/mol. The van der Waals surface area contributed by atoms with Gasteiger partial charge < -0.3 is 19.5 Å². The van der Waals surface area contributed by atoms with E-state index in [4.69, 9.17) is 9.47 Å². The molecule has 7 heteroatoms. The molecule has 1 fully saturated rings. The monoisotopic (exact) mass is 365 g/mol. The molecule has 0 radical (unpaired) electrons. The smallest absolute Gasteiger partial charge is 0.338 e. The van der Waals surface area contributed by atoms with E-state index in [1.54, 1.807) is 26.0 Å². The van der Waals surface area contributed by atoms with Gasteiger partial charge >= 0.3 is 11.9 Å². The molecule has 2 heterocycles. The molecule has 0 aliphatic carbocycles. The number of rotatable bonds is 0. The molecule has 1 saturated heterocycles. The molecule has 7 nitrogen and oxygen atoms in total. The molecule has 144 valence electrons. The molecule has 0 aromatic rings. The van der Waals surface area contributed by atoms with E-state index in [-0.39, 0.29) is 24.4 Å². The number of fused-ring (bicyclic) bond motifs is 2. The van der Waals surface area contributed by atoms with Crippen molar-refractivity contribution in [2.75, 3.05) is 26.7 Å². The Kier molecular flexibility index (Phi) is 6.36. The van der Waals surface area contributed by atoms with Gasteiger partial charge in [0.25, 0.3) is 0 Å². The van der Waals surface area contributed by atoms with E-state index in [0.717, 1.165) is 0 Å². The van der Waals surface area contributed by atoms with Gasteiger partial charge in [0.2, 0.25) is 5.78 Å². The lowest BCUT2D eigenvalue weighted by molar-refractivity contribution is -0.169. The van der Waals surface area contributed by atoms with Crippen LogP contribution in [0.5, 0.6) is 0 Å². The number of Topliss-reactive ketones (excluding diaryl/α,β-unsaturated/α-hetero) is 1. The van der Waals surface area contributed by atoms with Gasteiger partial charge in [-0.15, -0.1) is 0 Å². The summed E-state index contributed by atoms with van der Waals surface area (Å²) in [4.78, 5) is 39.7. The van der Waals surface area contributed by atoms with Crippen LogP contribution in [0.15, 0.2) is 23.3 Å². The highest BCUT2D eigenvalue weighted by atomic mass is 16.6. The lowest BCUT2D eigenvalue weighted by Gasteiger charge is -2.31. The van der Waals surface area contributed by atoms with Gasteiger partial charge in [0, 0.05) is 30.7 Å². The molecule has 0 unspecified atom stereocenters. The molecule has 0 amide bonds. The van der Waals surface area contributed by atoms with Gasteiger partial charge in [-0.05, 0) is 33.2 Å². The summed E-state index contributed by atoms with van der Waals surface area (Å²) in [6, 6.07) is 0. The van der Waals surface area contributed by atoms with Crippen molar-refractivity contribution in [2.45, 2.75) is 45.3 Å². The fourth-order valence-corrected chi connectivity index (χ4v) is 2.92. The fraction of sp³-hybridized carbons (Fsp3) is 0.632. The maximum Gasteiger partial charge on any atom is 0.338 e. The SMILES string of the molecule is CC=C1C[C@@H](C)[C@](C)(O)C(=O)OCC2=CCN(C)CC[C@@H](OC1=O)C2=O. The highest BCUT2D eigenvalue weighted by Crippen LogP contribution is 2.27. The van der Waals surface area contributed by atoms with E-state index in [1.165, 1.54) is 6.92 Å². The van der Waals surface area contributed by atoms with Crippen LogP contribution >= 0.6 is 0 Å². The minimum atomic E-state index is -1.78. The van der Waals surface area contributed by atoms with Crippen LogP contribution in [0.2, 0.25) is 0 Å². The van der Waals surface area contributed by atoms with Crippen molar-refractivity contribution in [2.24, 2.45) is 5.92 Å². The Labute approximate surface area is 153 Å². The zero-order chi connectivity index (χ0) is 19.5. The fourth-order valence-electron chi connectivity index (χ4n) is 2.92. The Morgan fingerprint density at radius 3 is 2.69 bits per heavy atom. The maximum absolute atomic E-state index is 12.8. The highest BCUT2D eigenvalue weighted by Gasteiger charge is 2.40. The van der Waals surface area contributed by atoms with E-state index in [9.17, 15) is 19.5 Å². The minimum absolute atomic E-state index is 0.140. The normalized spacial score (nSPS) is 34.0. The molecule has 2 aliphatic heterocycles. The third kappa shape index (κ3) is 4.40. The summed E-state index contributed by atoms with van der Waals surface area (Å²) in [6.07, 6.45) is 2.86. The van der Waals surface area contributed by atoms with Crippen molar-refractivity contribution in [3.63, 3.8) is 0 Å². The van der Waals surface area contributed by atoms with Crippen LogP contribution in [0.4, 0.5) is 0 Å². The third-order valence-electron chi connectivity index (χ3n) is 5.15. The number of cyclic esters (lactones) is 1. The van der Waals surface area contributed by atoms with Gasteiger partial charge in [-0.1, -0.05) is 19.1 Å². The number of aliphatic hydroxyl groups is 1. The van der Waals surface area contributed by atoms with Crippen molar-refractivity contribution < 1.29 is 29.0 Å². The summed E-state index contributed by atoms with van der Waals surface area (Å²) in [5.74, 6) is -2.32. The number of hydrogen-bond donors (Lipinski definition) is 1. The largest absolute Gasteiger partial charge is 0.459 e. The van der Waals surface area contributed by atoms with E-state index in [2.05, 4.69) is 0 Å². The van der Waals surface area contributed by atoms with Crippen LogP contribution in [0.25, 0.3) is 0 Å². The number of carbonyl (C=O) groups is 3. The molecule has 0 aromatic heterocycles. The van der Waals surface area contributed by atoms with Crippen LogP contribution in [-0.2, 0) is 23.9 Å². The van der Waals surface area contributed by atoms with E-state index in [1.807, 2.05) is 11.9 Å². The highest BCUT2D eigenvalue weighted by molar-refractivity contribution is 6.01. The zero-order valence-electron chi connectivity index (χ0n) is 15.8. The van der Waals surface area contributed by atoms with Gasteiger partial charge in [-0.2, -0.15) is 0 Å². The second-order valence-electron chi connectivity index (χ2n) is 7.18. The van der Waals surface area contributed by atoms with Crippen molar-refractivity contribution in [1.29, 1.82) is 0 Å². The second kappa shape index (κ2) is 8.14. The van der Waals surface area contributed by atoms with Crippen LogP contribution in [-0.4, -0.2) is 66.2 Å². The molecule has 2 rings (SSSR count). The first-order chi connectivity index (χ1) is 12.2. The molecule has 1 N–H and O–H groups in total. The molecule has 26 heavy (non-hydrogen) atoms. The molecule has 3 atom stereocenters. The lowest BCUT2D eigenvalue weighted by Crippen LogP contribution is -2.45. The third-order valence-corrected chi connectivity index (χ3v) is 5.15. The standard InChI is InChI=1S/C19H27NO6/c1-5-13-10-12(2)19(3,24)18(23)25-11-14-6-8-20(4)9-7-15(16(14)21)26-17(13)22/h5-6,12,15,24H,7-11H2,1-4H3/t12-,15-,19+/m1/s1. The number of nitrogens with zero attached hydrogens (tertiary/aromatic N) is 1. The molecule has 2 bridgehead atoms. The summed E-state index contributed by atoms with van der Waals surface area (Å²) < 4.78 is 10.7. The van der Waals surface area contributed by atoms with Crippen molar-refractivity contribution in [3.05, 3.63) is 23.3 Å². The van der Waals surface area contributed by atoms with Crippen LogP contribution < -0.4 is 0 Å². The first-order valence-corrected chi connectivity index (χ1v) is 8.84. The zero-order valence-corrected chi connectivity index (χ0v) is 15.8. The van der Waals surface area contributed by atoms with Gasteiger partial charge in [-0.3, -0.25) is 4.79 Å². The number of ketones is 1. The van der Waals surface area contributed by atoms with E-state index in [0.29, 0.717) is 25.1 Å². The predicted molar refractivity (Wildman–Crippen MR) is 94.2 cm³/mol. The first-order valence-electron chi connectivity index (χ1n) is 8.84. The van der Waals surface area contributed by atoms with Crippen molar-refractivity contribution in [3.8, 4) is 0 Å². The Hall–Kier alpha value is -1.99. The number of allylic oxidation sites excluding steroid dienone is 1. The quantitative estimate of drug-likeness (QED) is 0.506. The average Bonchev–Trinajstić information content (AvgIpc) is 2.59. The van der Waals surface area contributed by atoms with E-state index < -0.39 is 29.6 Å². The Bertz CT molecular complexity index is 648. The number of likely N-dealkylation sites (N-methyl/N-ethyl adjacent to an activating group) is 1. The number of carbonyl (C=O) groups excluding carboxylic acids is 3. The van der Waals surface area contributed by atoms with Crippen molar-refractivity contribution >= 4 is 17.7 Å². The summed E-state index contributed by atoms with van der Waals surface area (Å²) in [5.41, 5.74) is -1.19. The van der Waals surface area contributed by atoms with Gasteiger partial charge in [-0.25, -0.2) is 9.59 Å². The number of ether oxygens (including phenoxy) is 2. The topological polar surface area (TPSA) is 93.1 Å². The molecule has 0 aromatic carbocycles. The molecule has 2 aliphatic rings. The van der Waals surface area contributed by atoms with E-state index >= 15 is 0 Å². The molecular formula is C19H27NO6. The Balaban J connectivity index is 2.42. The summed E-state index contributed by atoms with van der Waals surface area (Å²) in [6.45, 7) is 5.58. The van der Waals surface area contributed by atoms with Gasteiger partial charge in [0.05, 0.1) is 0 Å². The van der Waals surface area contributed by atoms with Crippen LogP contribution in [0.3, 0.4) is 0 Å². The average molecular weight is 365 g/mol. The lowest BCUT2D eigenvalue weighted by atomic mass is 9.85. The van der Waals surface area contributed by atoms with Crippen molar-refractivity contribution in [1.82, 2.24) is 4.90 Å². The first kappa shape index (κ1) is 20.3. The Morgan fingerprint density at radius 1 is 1.35 bits per heavy atom. The predicted octanol–water partition coefficient (Wildman–Crippen LogP) is 1.01. The summed E-state index contributed by atoms with van der Waals surface area (Å²) >= 11 is 0. The second-order valence-corrected chi connectivity index (χ2v) is 7.18. The Morgan fingerprint density at radius 2 is 2.04 bits per heavy atom.